The van der Waals surface area contributed by atoms with Crippen molar-refractivity contribution < 1.29 is 21.7 Å². The Morgan fingerprint density at radius 2 is 1.85 bits per heavy atom. The quantitative estimate of drug-likeness (QED) is 0.333. The lowest BCUT2D eigenvalue weighted by atomic mass is 10.2. The van der Waals surface area contributed by atoms with E-state index in [0.717, 1.165) is 11.6 Å². The molecule has 2 aromatic carbocycles. The summed E-state index contributed by atoms with van der Waals surface area (Å²) in [7, 11) is -4.08. The third-order valence-corrected chi connectivity index (χ3v) is 4.06. The second-order valence-electron chi connectivity index (χ2n) is 5.08. The maximum Gasteiger partial charge on any atom is 0.339 e. The maximum absolute atomic E-state index is 13.1. The number of nitrogens with zero attached hydrogens (tertiary/aromatic N) is 2. The Bertz CT molecular complexity index is 913. The topological polar surface area (TPSA) is 129 Å². The van der Waals surface area contributed by atoms with Crippen LogP contribution in [0.4, 0.5) is 4.39 Å². The molecule has 4 N–H and O–H groups in total. The second kappa shape index (κ2) is 10.1. The number of aryl methyl sites for hydroxylation is 1. The molecule has 0 aliphatic rings. The summed E-state index contributed by atoms with van der Waals surface area (Å²) < 4.78 is 47.7. The van der Waals surface area contributed by atoms with Gasteiger partial charge in [-0.15, -0.1) is 5.10 Å². The molecule has 2 rings (SSSR count). The van der Waals surface area contributed by atoms with Crippen LogP contribution in [0, 0.1) is 12.7 Å². The molecule has 0 atom stereocenters. The molecule has 146 valence electrons. The average Bonchev–Trinajstić information content (AvgIpc) is 2.54. The Labute approximate surface area is 157 Å². The Balaban J connectivity index is 0.000000527. The van der Waals surface area contributed by atoms with Crippen molar-refractivity contribution in [1.82, 2.24) is 0 Å². The number of halogens is 1. The minimum atomic E-state index is -4.08. The summed E-state index contributed by atoms with van der Waals surface area (Å²) in [5.41, 5.74) is 10.4. The summed E-state index contributed by atoms with van der Waals surface area (Å²) in [5.74, 6) is -0.0615. The zero-order valence-electron chi connectivity index (χ0n) is 14.9. The highest BCUT2D eigenvalue weighted by Crippen LogP contribution is 2.25. The van der Waals surface area contributed by atoms with Gasteiger partial charge in [-0.05, 0) is 49.7 Å². The lowest BCUT2D eigenvalue weighted by Gasteiger charge is -2.10. The largest absolute Gasteiger partial charge is 0.494 e. The zero-order chi connectivity index (χ0) is 20.4. The fraction of sp³-hybridized carbons (Fsp3) is 0.176. The van der Waals surface area contributed by atoms with Crippen molar-refractivity contribution in [1.29, 1.82) is 0 Å². The van der Waals surface area contributed by atoms with Gasteiger partial charge in [-0.2, -0.15) is 13.5 Å². The molecule has 0 aliphatic carbocycles. The van der Waals surface area contributed by atoms with Crippen LogP contribution >= 0.6 is 0 Å². The summed E-state index contributed by atoms with van der Waals surface area (Å²) in [6.07, 6.45) is 0. The van der Waals surface area contributed by atoms with Crippen LogP contribution in [-0.4, -0.2) is 27.7 Å². The predicted molar refractivity (Wildman–Crippen MR) is 102 cm³/mol. The molecule has 8 nitrogen and oxygen atoms in total. The van der Waals surface area contributed by atoms with Gasteiger partial charge in [0, 0.05) is 12.8 Å². The first kappa shape index (κ1) is 21.9. The van der Waals surface area contributed by atoms with Crippen molar-refractivity contribution in [2.45, 2.75) is 18.7 Å². The molecular formula is C17H21FN4O4S. The van der Waals surface area contributed by atoms with Crippen molar-refractivity contribution in [2.24, 2.45) is 21.7 Å². The Hall–Kier alpha value is -3.14. The van der Waals surface area contributed by atoms with Crippen molar-refractivity contribution in [3.63, 3.8) is 0 Å². The molecule has 27 heavy (non-hydrogen) atoms. The molecule has 0 saturated heterocycles. The number of benzene rings is 2. The number of nitrogens with two attached hydrogens (primary N) is 2. The van der Waals surface area contributed by atoms with Gasteiger partial charge in [0.1, 0.15) is 22.2 Å². The SMILES string of the molecule is C=NN=C(N)N.CCOc1cc(C)cc(OS(=O)(=O)c2cccc(F)c2)c1. The normalized spacial score (nSPS) is 10.2. The Kier molecular flexibility index (Phi) is 8.21. The average molecular weight is 396 g/mol. The van der Waals surface area contributed by atoms with E-state index in [1.54, 1.807) is 19.1 Å². The fourth-order valence-electron chi connectivity index (χ4n) is 1.89. The summed E-state index contributed by atoms with van der Waals surface area (Å²) in [5, 5.41) is 6.13. The smallest absolute Gasteiger partial charge is 0.339 e. The van der Waals surface area contributed by atoms with Crippen LogP contribution in [0.3, 0.4) is 0 Å². The van der Waals surface area contributed by atoms with E-state index in [-0.39, 0.29) is 16.6 Å². The number of rotatable bonds is 6. The molecule has 0 amide bonds. The van der Waals surface area contributed by atoms with Crippen LogP contribution in [0.1, 0.15) is 12.5 Å². The highest BCUT2D eigenvalue weighted by atomic mass is 32.2. The van der Waals surface area contributed by atoms with Gasteiger partial charge in [0.15, 0.2) is 0 Å². The zero-order valence-corrected chi connectivity index (χ0v) is 15.7. The summed E-state index contributed by atoms with van der Waals surface area (Å²) in [6, 6.07) is 9.48. The van der Waals surface area contributed by atoms with Crippen molar-refractivity contribution >= 4 is 22.8 Å². The number of hydrogen-bond acceptors (Lipinski definition) is 6. The molecular weight excluding hydrogens is 375 g/mol. The van der Waals surface area contributed by atoms with Crippen LogP contribution in [0.5, 0.6) is 11.5 Å². The standard InChI is InChI=1S/C15H15FO4S.C2H6N4/c1-3-19-13-7-11(2)8-14(10-13)20-21(17,18)15-6-4-5-12(16)9-15;1-5-6-2(3)4/h4-10H,3H2,1-2H3;1H2,(H4,3,4,6). The van der Waals surface area contributed by atoms with E-state index in [1.165, 1.54) is 24.3 Å². The minimum Gasteiger partial charge on any atom is -0.494 e. The van der Waals surface area contributed by atoms with Crippen LogP contribution < -0.4 is 20.4 Å². The lowest BCUT2D eigenvalue weighted by Crippen LogP contribution is -2.21. The molecule has 0 bridgehead atoms. The Morgan fingerprint density at radius 1 is 1.19 bits per heavy atom. The third-order valence-electron chi connectivity index (χ3n) is 2.81. The highest BCUT2D eigenvalue weighted by Gasteiger charge is 2.18. The van der Waals surface area contributed by atoms with Crippen LogP contribution in [0.25, 0.3) is 0 Å². The van der Waals surface area contributed by atoms with E-state index in [2.05, 4.69) is 16.9 Å². The molecule has 0 radical (unpaired) electrons. The molecule has 0 fully saturated rings. The van der Waals surface area contributed by atoms with Gasteiger partial charge >= 0.3 is 10.1 Å². The van der Waals surface area contributed by atoms with Crippen molar-refractivity contribution in [3.05, 3.63) is 53.8 Å². The van der Waals surface area contributed by atoms with Gasteiger partial charge in [-0.1, -0.05) is 6.07 Å². The van der Waals surface area contributed by atoms with E-state index in [1.807, 2.05) is 6.92 Å². The lowest BCUT2D eigenvalue weighted by molar-refractivity contribution is 0.338. The van der Waals surface area contributed by atoms with E-state index >= 15 is 0 Å². The molecule has 0 aliphatic heterocycles. The van der Waals surface area contributed by atoms with Gasteiger partial charge in [-0.25, -0.2) is 4.39 Å². The van der Waals surface area contributed by atoms with E-state index in [9.17, 15) is 12.8 Å². The number of guanidine groups is 1. The predicted octanol–water partition coefficient (Wildman–Crippen LogP) is 2.18. The van der Waals surface area contributed by atoms with E-state index in [4.69, 9.17) is 20.4 Å². The van der Waals surface area contributed by atoms with Crippen LogP contribution in [0.15, 0.2) is 57.6 Å². The van der Waals surface area contributed by atoms with Crippen LogP contribution in [0.2, 0.25) is 0 Å². The van der Waals surface area contributed by atoms with Crippen molar-refractivity contribution in [2.75, 3.05) is 6.61 Å². The van der Waals surface area contributed by atoms with E-state index in [0.29, 0.717) is 12.4 Å². The summed E-state index contributed by atoms with van der Waals surface area (Å²) in [6.45, 7) is 7.08. The Morgan fingerprint density at radius 3 is 2.37 bits per heavy atom. The fourth-order valence-corrected chi connectivity index (χ4v) is 2.84. The number of hydrogen-bond donors (Lipinski definition) is 2. The van der Waals surface area contributed by atoms with Gasteiger partial charge < -0.3 is 20.4 Å². The minimum absolute atomic E-state index is 0.0648. The molecule has 0 unspecified atom stereocenters. The maximum atomic E-state index is 13.1. The van der Waals surface area contributed by atoms with Crippen molar-refractivity contribution in [3.8, 4) is 11.5 Å². The second-order valence-corrected chi connectivity index (χ2v) is 6.62. The molecule has 0 aromatic heterocycles. The van der Waals surface area contributed by atoms with Gasteiger partial charge in [0.25, 0.3) is 0 Å². The summed E-state index contributed by atoms with van der Waals surface area (Å²) in [4.78, 5) is -0.234. The van der Waals surface area contributed by atoms with Gasteiger partial charge in [-0.3, -0.25) is 0 Å². The molecule has 0 heterocycles. The first-order valence-corrected chi connectivity index (χ1v) is 9.08. The summed E-state index contributed by atoms with van der Waals surface area (Å²) >= 11 is 0. The van der Waals surface area contributed by atoms with Gasteiger partial charge in [0.05, 0.1) is 6.61 Å². The number of ether oxygens (including phenoxy) is 1. The molecule has 0 saturated carbocycles. The first-order chi connectivity index (χ1) is 12.7. The highest BCUT2D eigenvalue weighted by molar-refractivity contribution is 7.87. The first-order valence-electron chi connectivity index (χ1n) is 7.67. The van der Waals surface area contributed by atoms with Crippen LogP contribution in [-0.2, 0) is 10.1 Å². The molecule has 10 heteroatoms. The van der Waals surface area contributed by atoms with Gasteiger partial charge in [0.2, 0.25) is 5.96 Å². The molecule has 2 aromatic rings. The van der Waals surface area contributed by atoms with E-state index < -0.39 is 15.9 Å². The third kappa shape index (κ3) is 7.74. The molecule has 0 spiro atoms. The monoisotopic (exact) mass is 396 g/mol.